The highest BCUT2D eigenvalue weighted by Gasteiger charge is 2.23. The Labute approximate surface area is 112 Å². The first-order valence-electron chi connectivity index (χ1n) is 6.09. The quantitative estimate of drug-likeness (QED) is 0.347. The standard InChI is InChI=1S/C14H17N3O2/c1-10(2)14(13(19)9-17-15)16-8-12(18)11-6-4-3-5-7-11/h3-7,9-10,14,16H,8H2,1-2H3. The number of benzene rings is 1. The Morgan fingerprint density at radius 3 is 2.47 bits per heavy atom. The van der Waals surface area contributed by atoms with E-state index < -0.39 is 6.04 Å². The highest BCUT2D eigenvalue weighted by Crippen LogP contribution is 2.03. The molecule has 0 aliphatic carbocycles. The number of nitrogens with zero attached hydrogens (tertiary/aromatic N) is 2. The minimum absolute atomic E-state index is 0.00549. The summed E-state index contributed by atoms with van der Waals surface area (Å²) in [5.41, 5.74) is 8.97. The SMILES string of the molecule is CC(C)C(NCC(=O)c1ccccc1)C(=O)C=[N+]=[N-]. The summed E-state index contributed by atoms with van der Waals surface area (Å²) in [5, 5.41) is 2.90. The van der Waals surface area contributed by atoms with Crippen molar-refractivity contribution in [3.05, 3.63) is 41.4 Å². The molecule has 100 valence electrons. The van der Waals surface area contributed by atoms with E-state index >= 15 is 0 Å². The number of carbonyl (C=O) groups is 2. The lowest BCUT2D eigenvalue weighted by Gasteiger charge is -2.17. The molecule has 5 heteroatoms. The van der Waals surface area contributed by atoms with Crippen LogP contribution in [0.5, 0.6) is 0 Å². The number of hydrogen-bond donors (Lipinski definition) is 1. The summed E-state index contributed by atoms with van der Waals surface area (Å²) in [6.07, 6.45) is 0.852. The molecule has 0 fully saturated rings. The van der Waals surface area contributed by atoms with Gasteiger partial charge in [0, 0.05) is 5.56 Å². The largest absolute Gasteiger partial charge is 0.361 e. The molecule has 0 aromatic heterocycles. The van der Waals surface area contributed by atoms with Crippen molar-refractivity contribution in [3.8, 4) is 0 Å². The summed E-state index contributed by atoms with van der Waals surface area (Å²) in [7, 11) is 0. The first kappa shape index (κ1) is 15.0. The van der Waals surface area contributed by atoms with Gasteiger partial charge in [0.25, 0.3) is 5.78 Å². The van der Waals surface area contributed by atoms with Crippen molar-refractivity contribution in [1.82, 2.24) is 5.32 Å². The van der Waals surface area contributed by atoms with Gasteiger partial charge in [0.2, 0.25) is 0 Å². The molecule has 0 saturated heterocycles. The molecular formula is C14H17N3O2. The van der Waals surface area contributed by atoms with Gasteiger partial charge in [0.15, 0.2) is 5.78 Å². The van der Waals surface area contributed by atoms with Crippen LogP contribution in [0.3, 0.4) is 0 Å². The average Bonchev–Trinajstić information content (AvgIpc) is 2.39. The fourth-order valence-electron chi connectivity index (χ4n) is 1.73. The van der Waals surface area contributed by atoms with Gasteiger partial charge in [-0.2, -0.15) is 4.79 Å². The van der Waals surface area contributed by atoms with Gasteiger partial charge in [0.05, 0.1) is 12.6 Å². The van der Waals surface area contributed by atoms with Gasteiger partial charge < -0.3 is 5.53 Å². The molecule has 19 heavy (non-hydrogen) atoms. The van der Waals surface area contributed by atoms with E-state index in [-0.39, 0.29) is 24.0 Å². The predicted molar refractivity (Wildman–Crippen MR) is 72.1 cm³/mol. The Balaban J connectivity index is 2.65. The minimum Gasteiger partial charge on any atom is -0.361 e. The van der Waals surface area contributed by atoms with E-state index in [0.717, 1.165) is 6.21 Å². The Hall–Kier alpha value is -2.10. The van der Waals surface area contributed by atoms with Gasteiger partial charge in [-0.3, -0.25) is 14.9 Å². The number of carbonyl (C=O) groups excluding carboxylic acids is 2. The van der Waals surface area contributed by atoms with Crippen molar-refractivity contribution < 1.29 is 14.4 Å². The fraction of sp³-hybridized carbons (Fsp3) is 0.357. The molecule has 1 unspecified atom stereocenters. The molecule has 0 radical (unpaired) electrons. The third kappa shape index (κ3) is 4.58. The van der Waals surface area contributed by atoms with Crippen LogP contribution in [0.2, 0.25) is 0 Å². The maximum absolute atomic E-state index is 11.9. The van der Waals surface area contributed by atoms with Crippen LogP contribution in [0.1, 0.15) is 24.2 Å². The van der Waals surface area contributed by atoms with Gasteiger partial charge >= 0.3 is 6.21 Å². The van der Waals surface area contributed by atoms with Crippen molar-refractivity contribution in [2.45, 2.75) is 19.9 Å². The Morgan fingerprint density at radius 1 is 1.32 bits per heavy atom. The van der Waals surface area contributed by atoms with E-state index in [1.54, 1.807) is 24.3 Å². The molecule has 1 rings (SSSR count). The van der Waals surface area contributed by atoms with E-state index in [2.05, 4.69) is 10.1 Å². The zero-order valence-electron chi connectivity index (χ0n) is 11.0. The van der Waals surface area contributed by atoms with Crippen LogP contribution >= 0.6 is 0 Å². The Morgan fingerprint density at radius 2 is 1.95 bits per heavy atom. The Kier molecular flexibility index (Phi) is 5.79. The van der Waals surface area contributed by atoms with E-state index in [0.29, 0.717) is 5.56 Å². The maximum atomic E-state index is 11.9. The van der Waals surface area contributed by atoms with Gasteiger partial charge in [-0.05, 0) is 5.92 Å². The van der Waals surface area contributed by atoms with Crippen LogP contribution in [0, 0.1) is 5.92 Å². The molecule has 0 spiro atoms. The number of ketones is 2. The number of nitrogens with one attached hydrogen (secondary N) is 1. The normalized spacial score (nSPS) is 11.7. The number of Topliss-reactive ketones (excluding diaryl/α,β-unsaturated/α-hetero) is 2. The maximum Gasteiger partial charge on any atom is 0.324 e. The van der Waals surface area contributed by atoms with Crippen molar-refractivity contribution >= 4 is 17.8 Å². The molecule has 0 heterocycles. The van der Waals surface area contributed by atoms with Crippen LogP contribution in [-0.2, 0) is 4.79 Å². The van der Waals surface area contributed by atoms with Gasteiger partial charge in [0.1, 0.15) is 0 Å². The lowest BCUT2D eigenvalue weighted by Crippen LogP contribution is -2.44. The second-order valence-electron chi connectivity index (χ2n) is 4.54. The van der Waals surface area contributed by atoms with Crippen LogP contribution in [0.15, 0.2) is 30.3 Å². The van der Waals surface area contributed by atoms with Crippen LogP contribution < -0.4 is 5.32 Å². The van der Waals surface area contributed by atoms with Crippen LogP contribution in [0.25, 0.3) is 5.53 Å². The molecule has 1 N–H and O–H groups in total. The molecule has 0 amide bonds. The Bertz CT molecular complexity index is 491. The van der Waals surface area contributed by atoms with E-state index in [1.165, 1.54) is 0 Å². The van der Waals surface area contributed by atoms with Gasteiger partial charge in [-0.1, -0.05) is 44.2 Å². The molecular weight excluding hydrogens is 242 g/mol. The zero-order chi connectivity index (χ0) is 14.3. The van der Waals surface area contributed by atoms with Crippen molar-refractivity contribution in [3.63, 3.8) is 0 Å². The summed E-state index contributed by atoms with van der Waals surface area (Å²) < 4.78 is 0. The molecule has 0 bridgehead atoms. The number of rotatable bonds is 7. The first-order valence-corrected chi connectivity index (χ1v) is 6.09. The first-order chi connectivity index (χ1) is 9.06. The van der Waals surface area contributed by atoms with E-state index in [4.69, 9.17) is 5.53 Å². The van der Waals surface area contributed by atoms with Crippen LogP contribution in [0.4, 0.5) is 0 Å². The van der Waals surface area contributed by atoms with Crippen molar-refractivity contribution in [1.29, 1.82) is 0 Å². The molecule has 5 nitrogen and oxygen atoms in total. The fourth-order valence-corrected chi connectivity index (χ4v) is 1.73. The molecule has 0 saturated carbocycles. The summed E-state index contributed by atoms with van der Waals surface area (Å²) >= 11 is 0. The summed E-state index contributed by atoms with van der Waals surface area (Å²) in [5.74, 6) is -0.438. The van der Waals surface area contributed by atoms with Crippen LogP contribution in [-0.4, -0.2) is 35.2 Å². The predicted octanol–water partition coefficient (Wildman–Crippen LogP) is 1.35. The smallest absolute Gasteiger partial charge is 0.324 e. The molecule has 1 aromatic rings. The molecule has 1 aromatic carbocycles. The highest BCUT2D eigenvalue weighted by atomic mass is 16.1. The third-order valence-electron chi connectivity index (χ3n) is 2.74. The zero-order valence-corrected chi connectivity index (χ0v) is 11.0. The second-order valence-corrected chi connectivity index (χ2v) is 4.54. The topological polar surface area (TPSA) is 82.6 Å². The van der Waals surface area contributed by atoms with E-state index in [9.17, 15) is 9.59 Å². The summed E-state index contributed by atoms with van der Waals surface area (Å²) in [6.45, 7) is 3.78. The summed E-state index contributed by atoms with van der Waals surface area (Å²) in [6, 6.07) is 8.33. The molecule has 0 aliphatic heterocycles. The summed E-state index contributed by atoms with van der Waals surface area (Å²) in [4.78, 5) is 26.3. The van der Waals surface area contributed by atoms with Gasteiger partial charge in [-0.25, -0.2) is 0 Å². The number of hydrogen-bond acceptors (Lipinski definition) is 3. The monoisotopic (exact) mass is 259 g/mol. The average molecular weight is 259 g/mol. The lowest BCUT2D eigenvalue weighted by atomic mass is 10.00. The second kappa shape index (κ2) is 7.36. The third-order valence-corrected chi connectivity index (χ3v) is 2.74. The van der Waals surface area contributed by atoms with Gasteiger partial charge in [-0.15, -0.1) is 0 Å². The van der Waals surface area contributed by atoms with Crippen molar-refractivity contribution in [2.24, 2.45) is 5.92 Å². The van der Waals surface area contributed by atoms with Crippen molar-refractivity contribution in [2.75, 3.05) is 6.54 Å². The lowest BCUT2D eigenvalue weighted by molar-refractivity contribution is -0.118. The molecule has 0 aliphatic rings. The van der Waals surface area contributed by atoms with E-state index in [1.807, 2.05) is 19.9 Å². The minimum atomic E-state index is -0.538. The molecule has 1 atom stereocenters. The highest BCUT2D eigenvalue weighted by molar-refractivity contribution is 6.27.